The number of hydrogen-bond donors (Lipinski definition) is 0. The Bertz CT molecular complexity index is 1200. The summed E-state index contributed by atoms with van der Waals surface area (Å²) in [6.45, 7) is 2.52. The second-order valence-electron chi connectivity index (χ2n) is 8.52. The number of rotatable bonds is 8. The largest absolute Gasteiger partial charge is 0.493 e. The zero-order valence-electron chi connectivity index (χ0n) is 20.5. The first-order valence-corrected chi connectivity index (χ1v) is 11.6. The van der Waals surface area contributed by atoms with Crippen molar-refractivity contribution in [1.82, 2.24) is 9.88 Å². The second kappa shape index (κ2) is 10.6. The summed E-state index contributed by atoms with van der Waals surface area (Å²) < 4.78 is 21.7. The van der Waals surface area contributed by atoms with Crippen molar-refractivity contribution in [3.8, 4) is 22.8 Å². The predicted octanol–water partition coefficient (Wildman–Crippen LogP) is 4.29. The van der Waals surface area contributed by atoms with Gasteiger partial charge >= 0.3 is 5.97 Å². The molecule has 0 saturated heterocycles. The highest BCUT2D eigenvalue weighted by atomic mass is 16.5. The summed E-state index contributed by atoms with van der Waals surface area (Å²) in [6, 6.07) is 11.3. The zero-order chi connectivity index (χ0) is 24.9. The third kappa shape index (κ3) is 5.31. The molecular weight excluding hydrogens is 448 g/mol. The summed E-state index contributed by atoms with van der Waals surface area (Å²) in [5.74, 6) is 1.89. The number of nitrogens with zero attached hydrogens (tertiary/aromatic N) is 2. The highest BCUT2D eigenvalue weighted by molar-refractivity contribution is 5.79. The molecule has 2 heterocycles. The fourth-order valence-corrected chi connectivity index (χ4v) is 4.42. The van der Waals surface area contributed by atoms with Gasteiger partial charge in [-0.3, -0.25) is 9.59 Å². The van der Waals surface area contributed by atoms with E-state index in [1.165, 1.54) is 12.7 Å². The number of fused-ring (bicyclic) bond motifs is 1. The van der Waals surface area contributed by atoms with Crippen molar-refractivity contribution in [2.45, 2.75) is 38.6 Å². The second-order valence-corrected chi connectivity index (χ2v) is 8.52. The molecule has 8 nitrogen and oxygen atoms in total. The van der Waals surface area contributed by atoms with E-state index >= 15 is 0 Å². The van der Waals surface area contributed by atoms with Crippen LogP contribution in [0.4, 0.5) is 0 Å². The standard InChI is InChI=1S/C27H30N2O6/c1-17-5-7-18(8-6-17)24-16-28-25(35-24)9-10-26(30)29-12-11-19-13-22(32-2)23(33-3)14-20(19)21(29)15-27(31)34-4/h5-8,13-14,16,21H,9-12,15H2,1-4H3. The number of benzene rings is 2. The first-order valence-electron chi connectivity index (χ1n) is 11.6. The molecule has 0 bridgehead atoms. The van der Waals surface area contributed by atoms with E-state index in [9.17, 15) is 9.59 Å². The third-order valence-electron chi connectivity index (χ3n) is 6.35. The van der Waals surface area contributed by atoms with Crippen LogP contribution in [0.1, 0.15) is 41.5 Å². The summed E-state index contributed by atoms with van der Waals surface area (Å²) in [5, 5.41) is 0. The Kier molecular flexibility index (Phi) is 7.39. The zero-order valence-corrected chi connectivity index (χ0v) is 20.5. The molecule has 0 aliphatic carbocycles. The molecule has 3 aromatic rings. The first kappa shape index (κ1) is 24.3. The number of esters is 1. The monoisotopic (exact) mass is 478 g/mol. The molecule has 0 radical (unpaired) electrons. The summed E-state index contributed by atoms with van der Waals surface area (Å²) in [5.41, 5.74) is 4.00. The highest BCUT2D eigenvalue weighted by Gasteiger charge is 2.34. The maximum absolute atomic E-state index is 13.3. The lowest BCUT2D eigenvalue weighted by molar-refractivity contribution is -0.144. The number of methoxy groups -OCH3 is 3. The van der Waals surface area contributed by atoms with Crippen molar-refractivity contribution in [3.63, 3.8) is 0 Å². The van der Waals surface area contributed by atoms with Gasteiger partial charge in [-0.15, -0.1) is 0 Å². The van der Waals surface area contributed by atoms with Crippen molar-refractivity contribution in [2.24, 2.45) is 0 Å². The minimum Gasteiger partial charge on any atom is -0.493 e. The van der Waals surface area contributed by atoms with Crippen LogP contribution in [0.3, 0.4) is 0 Å². The molecule has 184 valence electrons. The summed E-state index contributed by atoms with van der Waals surface area (Å²) in [7, 11) is 4.50. The van der Waals surface area contributed by atoms with Gasteiger partial charge in [0.15, 0.2) is 23.1 Å². The van der Waals surface area contributed by atoms with Crippen molar-refractivity contribution in [1.29, 1.82) is 0 Å². The molecule has 0 spiro atoms. The van der Waals surface area contributed by atoms with Crippen LogP contribution in [0.2, 0.25) is 0 Å². The summed E-state index contributed by atoms with van der Waals surface area (Å²) in [6.07, 6.45) is 2.97. The van der Waals surface area contributed by atoms with E-state index in [0.29, 0.717) is 42.5 Å². The number of amides is 1. The lowest BCUT2D eigenvalue weighted by atomic mass is 9.89. The van der Waals surface area contributed by atoms with E-state index in [2.05, 4.69) is 4.98 Å². The quantitative estimate of drug-likeness (QED) is 0.446. The number of aryl methyl sites for hydroxylation is 2. The van der Waals surface area contributed by atoms with Crippen LogP contribution in [0.5, 0.6) is 11.5 Å². The number of carbonyl (C=O) groups is 2. The molecule has 2 aromatic carbocycles. The Morgan fingerprint density at radius 1 is 1.09 bits per heavy atom. The van der Waals surface area contributed by atoms with Gasteiger partial charge in [-0.25, -0.2) is 4.98 Å². The molecule has 0 saturated carbocycles. The minimum absolute atomic E-state index is 0.0568. The number of oxazole rings is 1. The van der Waals surface area contributed by atoms with Crippen LogP contribution in [-0.2, 0) is 27.2 Å². The van der Waals surface area contributed by atoms with Gasteiger partial charge in [-0.2, -0.15) is 0 Å². The lowest BCUT2D eigenvalue weighted by Gasteiger charge is -2.37. The number of hydrogen-bond acceptors (Lipinski definition) is 7. The van der Waals surface area contributed by atoms with Crippen molar-refractivity contribution < 1.29 is 28.2 Å². The van der Waals surface area contributed by atoms with Gasteiger partial charge in [0, 0.05) is 24.9 Å². The maximum atomic E-state index is 13.3. The van der Waals surface area contributed by atoms with Gasteiger partial charge in [0.05, 0.1) is 40.0 Å². The molecular formula is C27H30N2O6. The maximum Gasteiger partial charge on any atom is 0.307 e. The SMILES string of the molecule is COC(=O)CC1c2cc(OC)c(OC)cc2CCN1C(=O)CCc1ncc(-c2ccc(C)cc2)o1. The van der Waals surface area contributed by atoms with Crippen LogP contribution < -0.4 is 9.47 Å². The first-order chi connectivity index (χ1) is 16.9. The Labute approximate surface area is 204 Å². The molecule has 0 N–H and O–H groups in total. The lowest BCUT2D eigenvalue weighted by Crippen LogP contribution is -2.41. The fraction of sp³-hybridized carbons (Fsp3) is 0.370. The van der Waals surface area contributed by atoms with Gasteiger partial charge < -0.3 is 23.5 Å². The van der Waals surface area contributed by atoms with E-state index in [1.807, 2.05) is 43.3 Å². The van der Waals surface area contributed by atoms with Gasteiger partial charge in [0.25, 0.3) is 0 Å². The topological polar surface area (TPSA) is 91.1 Å². The van der Waals surface area contributed by atoms with Crippen LogP contribution in [-0.4, -0.2) is 49.6 Å². The highest BCUT2D eigenvalue weighted by Crippen LogP contribution is 2.40. The van der Waals surface area contributed by atoms with E-state index in [1.54, 1.807) is 25.3 Å². The van der Waals surface area contributed by atoms with Crippen LogP contribution in [0.25, 0.3) is 11.3 Å². The van der Waals surface area contributed by atoms with Gasteiger partial charge in [0.2, 0.25) is 5.91 Å². The van der Waals surface area contributed by atoms with Crippen molar-refractivity contribution >= 4 is 11.9 Å². The normalized spacial score (nSPS) is 14.9. The van der Waals surface area contributed by atoms with Crippen molar-refractivity contribution in [3.05, 3.63) is 65.2 Å². The van der Waals surface area contributed by atoms with E-state index < -0.39 is 6.04 Å². The molecule has 4 rings (SSSR count). The van der Waals surface area contributed by atoms with E-state index in [4.69, 9.17) is 18.6 Å². The predicted molar refractivity (Wildman–Crippen MR) is 129 cm³/mol. The molecule has 0 fully saturated rings. The Morgan fingerprint density at radius 3 is 2.49 bits per heavy atom. The van der Waals surface area contributed by atoms with Crippen molar-refractivity contribution in [2.75, 3.05) is 27.9 Å². The fourth-order valence-electron chi connectivity index (χ4n) is 4.42. The average Bonchev–Trinajstić information content (AvgIpc) is 3.36. The molecule has 1 aromatic heterocycles. The van der Waals surface area contributed by atoms with Crippen LogP contribution in [0.15, 0.2) is 47.0 Å². The number of aromatic nitrogens is 1. The number of carbonyl (C=O) groups excluding carboxylic acids is 2. The molecule has 1 aliphatic rings. The molecule has 1 atom stereocenters. The summed E-state index contributed by atoms with van der Waals surface area (Å²) in [4.78, 5) is 31.6. The van der Waals surface area contributed by atoms with Gasteiger partial charge in [-0.05, 0) is 36.6 Å². The molecule has 1 amide bonds. The smallest absolute Gasteiger partial charge is 0.307 e. The Hall–Kier alpha value is -3.81. The minimum atomic E-state index is -0.453. The molecule has 1 aliphatic heterocycles. The van der Waals surface area contributed by atoms with Crippen LogP contribution in [0, 0.1) is 6.92 Å². The van der Waals surface area contributed by atoms with Crippen LogP contribution >= 0.6 is 0 Å². The summed E-state index contributed by atoms with van der Waals surface area (Å²) >= 11 is 0. The Balaban J connectivity index is 1.51. The molecule has 35 heavy (non-hydrogen) atoms. The Morgan fingerprint density at radius 2 is 1.80 bits per heavy atom. The molecule has 1 unspecified atom stereocenters. The average molecular weight is 479 g/mol. The van der Waals surface area contributed by atoms with E-state index in [0.717, 1.165) is 16.7 Å². The van der Waals surface area contributed by atoms with Gasteiger partial charge in [-0.1, -0.05) is 29.8 Å². The third-order valence-corrected chi connectivity index (χ3v) is 6.35. The van der Waals surface area contributed by atoms with E-state index in [-0.39, 0.29) is 24.7 Å². The van der Waals surface area contributed by atoms with Gasteiger partial charge in [0.1, 0.15) is 0 Å². The molecule has 8 heteroatoms. The number of ether oxygens (including phenoxy) is 3.